The van der Waals surface area contributed by atoms with Crippen molar-refractivity contribution in [2.24, 2.45) is 0 Å². The van der Waals surface area contributed by atoms with Gasteiger partial charge in [-0.15, -0.1) is 0 Å². The number of amides is 1. The third-order valence-electron chi connectivity index (χ3n) is 4.48. The van der Waals surface area contributed by atoms with Crippen molar-refractivity contribution in [3.8, 4) is 0 Å². The fourth-order valence-electron chi connectivity index (χ4n) is 2.98. The number of carbonyl (C=O) groups excluding carboxylic acids is 1. The molecular formula is C20H22F3N3O2. The van der Waals surface area contributed by atoms with Crippen molar-refractivity contribution >= 4 is 23.0 Å². The number of nitrogens with zero attached hydrogens (tertiary/aromatic N) is 1. The number of nitrogens with one attached hydrogen (secondary N) is 2. The Kier molecular flexibility index (Phi) is 6.08. The number of hydrogen-bond acceptors (Lipinski definition) is 4. The Bertz CT molecular complexity index is 806. The van der Waals surface area contributed by atoms with Gasteiger partial charge in [-0.25, -0.2) is 0 Å². The van der Waals surface area contributed by atoms with Gasteiger partial charge in [-0.3, -0.25) is 4.79 Å². The van der Waals surface area contributed by atoms with Crippen LogP contribution in [0.25, 0.3) is 0 Å². The maximum absolute atomic E-state index is 13.2. The lowest BCUT2D eigenvalue weighted by atomic mass is 10.1. The number of para-hydroxylation sites is 1. The van der Waals surface area contributed by atoms with E-state index >= 15 is 0 Å². The summed E-state index contributed by atoms with van der Waals surface area (Å²) in [6.45, 7) is 3.73. The fourth-order valence-corrected chi connectivity index (χ4v) is 2.98. The van der Waals surface area contributed by atoms with Crippen LogP contribution in [0.5, 0.6) is 0 Å². The van der Waals surface area contributed by atoms with Crippen LogP contribution in [0, 0.1) is 0 Å². The molecule has 8 heteroatoms. The predicted octanol–water partition coefficient (Wildman–Crippen LogP) is 3.98. The molecule has 150 valence electrons. The van der Waals surface area contributed by atoms with E-state index < -0.39 is 23.7 Å². The molecule has 0 radical (unpaired) electrons. The Labute approximate surface area is 161 Å². The fraction of sp³-hybridized carbons (Fsp3) is 0.350. The van der Waals surface area contributed by atoms with Crippen molar-refractivity contribution in [3.05, 3.63) is 54.1 Å². The topological polar surface area (TPSA) is 53.6 Å². The lowest BCUT2D eigenvalue weighted by Crippen LogP contribution is -2.37. The summed E-state index contributed by atoms with van der Waals surface area (Å²) in [5, 5.41) is 5.69. The van der Waals surface area contributed by atoms with Crippen LogP contribution in [-0.4, -0.2) is 38.3 Å². The average molecular weight is 393 g/mol. The number of alkyl halides is 3. The number of morpholine rings is 1. The zero-order chi connectivity index (χ0) is 20.1. The van der Waals surface area contributed by atoms with Crippen LogP contribution in [0.4, 0.5) is 30.2 Å². The molecule has 1 heterocycles. The zero-order valence-electron chi connectivity index (χ0n) is 15.4. The molecule has 0 aliphatic carbocycles. The quantitative estimate of drug-likeness (QED) is 0.807. The number of hydrogen-bond donors (Lipinski definition) is 2. The first-order valence-electron chi connectivity index (χ1n) is 9.01. The van der Waals surface area contributed by atoms with Gasteiger partial charge in [-0.1, -0.05) is 18.2 Å². The Morgan fingerprint density at radius 1 is 1.11 bits per heavy atom. The molecule has 0 spiro atoms. The second kappa shape index (κ2) is 8.52. The Balaban J connectivity index is 1.82. The Morgan fingerprint density at radius 3 is 2.43 bits per heavy atom. The summed E-state index contributed by atoms with van der Waals surface area (Å²) in [5.74, 6) is -0.419. The van der Waals surface area contributed by atoms with Crippen LogP contribution in [0.3, 0.4) is 0 Å². The smallest absolute Gasteiger partial charge is 0.378 e. The average Bonchev–Trinajstić information content (AvgIpc) is 2.68. The molecule has 3 rings (SSSR count). The molecule has 0 unspecified atom stereocenters. The van der Waals surface area contributed by atoms with Gasteiger partial charge in [0.25, 0.3) is 0 Å². The van der Waals surface area contributed by atoms with E-state index in [-0.39, 0.29) is 5.69 Å². The summed E-state index contributed by atoms with van der Waals surface area (Å²) < 4.78 is 44.8. The number of rotatable bonds is 5. The van der Waals surface area contributed by atoms with Crippen molar-refractivity contribution in [1.82, 2.24) is 0 Å². The van der Waals surface area contributed by atoms with Gasteiger partial charge in [0.15, 0.2) is 0 Å². The minimum Gasteiger partial charge on any atom is -0.378 e. The van der Waals surface area contributed by atoms with E-state index in [4.69, 9.17) is 4.74 Å². The molecule has 0 bridgehead atoms. The normalized spacial score (nSPS) is 15.8. The largest absolute Gasteiger partial charge is 0.416 e. The van der Waals surface area contributed by atoms with Crippen LogP contribution in [0.2, 0.25) is 0 Å². The highest BCUT2D eigenvalue weighted by atomic mass is 19.4. The van der Waals surface area contributed by atoms with Crippen LogP contribution in [-0.2, 0) is 15.7 Å². The van der Waals surface area contributed by atoms with Gasteiger partial charge in [-0.2, -0.15) is 13.2 Å². The van der Waals surface area contributed by atoms with E-state index in [9.17, 15) is 18.0 Å². The van der Waals surface area contributed by atoms with Crippen LogP contribution >= 0.6 is 0 Å². The van der Waals surface area contributed by atoms with Crippen molar-refractivity contribution in [3.63, 3.8) is 0 Å². The van der Waals surface area contributed by atoms with Crippen molar-refractivity contribution in [1.29, 1.82) is 0 Å². The zero-order valence-corrected chi connectivity index (χ0v) is 15.4. The highest BCUT2D eigenvalue weighted by molar-refractivity contribution is 5.99. The minimum atomic E-state index is -4.49. The molecule has 28 heavy (non-hydrogen) atoms. The van der Waals surface area contributed by atoms with Gasteiger partial charge in [0.2, 0.25) is 5.91 Å². The van der Waals surface area contributed by atoms with Gasteiger partial charge < -0.3 is 20.3 Å². The number of benzene rings is 2. The monoisotopic (exact) mass is 393 g/mol. The lowest BCUT2D eigenvalue weighted by molar-refractivity contribution is -0.137. The van der Waals surface area contributed by atoms with Crippen molar-refractivity contribution in [2.75, 3.05) is 41.8 Å². The molecule has 1 saturated heterocycles. The molecule has 2 N–H and O–H groups in total. The highest BCUT2D eigenvalue weighted by Gasteiger charge is 2.32. The van der Waals surface area contributed by atoms with Crippen molar-refractivity contribution < 1.29 is 22.7 Å². The highest BCUT2D eigenvalue weighted by Crippen LogP contribution is 2.35. The lowest BCUT2D eigenvalue weighted by Gasteiger charge is -2.31. The number of halogens is 3. The second-order valence-corrected chi connectivity index (χ2v) is 6.55. The van der Waals surface area contributed by atoms with Crippen LogP contribution in [0.15, 0.2) is 48.5 Å². The van der Waals surface area contributed by atoms with E-state index in [2.05, 4.69) is 10.6 Å². The van der Waals surface area contributed by atoms with E-state index in [1.807, 2.05) is 35.2 Å². The van der Waals surface area contributed by atoms with Crippen LogP contribution in [0.1, 0.15) is 12.5 Å². The Hall–Kier alpha value is -2.74. The minimum absolute atomic E-state index is 0.142. The molecule has 5 nitrogen and oxygen atoms in total. The standard InChI is InChI=1S/C20H22F3N3O2/c1-14(24-16-5-3-2-4-6-16)19(27)25-17-13-15(20(21,22)23)7-8-18(17)26-9-11-28-12-10-26/h2-8,13-14,24H,9-12H2,1H3,(H,25,27)/t14-/m1/s1. The SMILES string of the molecule is C[C@@H](Nc1ccccc1)C(=O)Nc1cc(C(F)(F)F)ccc1N1CCOCC1. The summed E-state index contributed by atoms with van der Waals surface area (Å²) in [6.07, 6.45) is -4.49. The molecular weight excluding hydrogens is 371 g/mol. The molecule has 1 aliphatic heterocycles. The van der Waals surface area contributed by atoms with E-state index in [1.165, 1.54) is 6.07 Å². The molecule has 0 aromatic heterocycles. The van der Waals surface area contributed by atoms with E-state index in [0.29, 0.717) is 32.0 Å². The van der Waals surface area contributed by atoms with E-state index in [0.717, 1.165) is 17.8 Å². The molecule has 0 saturated carbocycles. The van der Waals surface area contributed by atoms with Crippen molar-refractivity contribution in [2.45, 2.75) is 19.1 Å². The summed E-state index contributed by atoms with van der Waals surface area (Å²) in [6, 6.07) is 11.9. The van der Waals surface area contributed by atoms with Gasteiger partial charge in [0.05, 0.1) is 30.2 Å². The Morgan fingerprint density at radius 2 is 1.79 bits per heavy atom. The first-order valence-corrected chi connectivity index (χ1v) is 9.01. The number of anilines is 3. The molecule has 2 aromatic rings. The molecule has 2 aromatic carbocycles. The molecule has 1 atom stereocenters. The molecule has 1 amide bonds. The van der Waals surface area contributed by atoms with Crippen LogP contribution < -0.4 is 15.5 Å². The summed E-state index contributed by atoms with van der Waals surface area (Å²) >= 11 is 0. The summed E-state index contributed by atoms with van der Waals surface area (Å²) in [7, 11) is 0. The number of carbonyl (C=O) groups is 1. The molecule has 1 fully saturated rings. The summed E-state index contributed by atoms with van der Waals surface area (Å²) in [4.78, 5) is 14.5. The third-order valence-corrected chi connectivity index (χ3v) is 4.48. The van der Waals surface area contributed by atoms with Gasteiger partial charge in [0.1, 0.15) is 6.04 Å². The van der Waals surface area contributed by atoms with Gasteiger partial charge in [0, 0.05) is 18.8 Å². The predicted molar refractivity (Wildman–Crippen MR) is 103 cm³/mol. The first-order chi connectivity index (χ1) is 13.3. The molecule has 1 aliphatic rings. The number of ether oxygens (including phenoxy) is 1. The summed E-state index contributed by atoms with van der Waals surface area (Å²) in [5.41, 5.74) is 0.645. The maximum Gasteiger partial charge on any atom is 0.416 e. The van der Waals surface area contributed by atoms with E-state index in [1.54, 1.807) is 6.92 Å². The first kappa shape index (κ1) is 20.0. The third kappa shape index (κ3) is 4.95. The van der Waals surface area contributed by atoms with Gasteiger partial charge >= 0.3 is 6.18 Å². The second-order valence-electron chi connectivity index (χ2n) is 6.55. The maximum atomic E-state index is 13.2. The van der Waals surface area contributed by atoms with Gasteiger partial charge in [-0.05, 0) is 37.3 Å².